The van der Waals surface area contributed by atoms with Crippen molar-refractivity contribution in [2.75, 3.05) is 13.7 Å². The van der Waals surface area contributed by atoms with Crippen LogP contribution in [0.3, 0.4) is 0 Å². The molecule has 1 aromatic rings. The number of hydrogen-bond acceptors (Lipinski definition) is 5. The van der Waals surface area contributed by atoms with Gasteiger partial charge in [-0.1, -0.05) is 39.0 Å². The van der Waals surface area contributed by atoms with E-state index in [0.717, 1.165) is 11.1 Å². The summed E-state index contributed by atoms with van der Waals surface area (Å²) in [6, 6.07) is 5.71. The van der Waals surface area contributed by atoms with E-state index in [9.17, 15) is 24.6 Å². The lowest BCUT2D eigenvalue weighted by molar-refractivity contribution is -0.144. The first-order valence-electron chi connectivity index (χ1n) is 9.14. The van der Waals surface area contributed by atoms with E-state index in [1.807, 2.05) is 39.0 Å². The minimum atomic E-state index is -1.04. The topological polar surface area (TPSA) is 101 Å². The minimum absolute atomic E-state index is 0.0153. The second-order valence-electron chi connectivity index (χ2n) is 8.27. The first-order valence-corrected chi connectivity index (χ1v) is 9.14. The fraction of sp³-hybridized carbons (Fsp3) is 0.571. The van der Waals surface area contributed by atoms with Gasteiger partial charge >= 0.3 is 11.9 Å². The molecule has 6 heteroatoms. The Labute approximate surface area is 159 Å². The first kappa shape index (κ1) is 21.1. The Bertz CT molecular complexity index is 718. The molecule has 6 nitrogen and oxygen atoms in total. The number of hydrogen-bond donors (Lipinski definition) is 2. The van der Waals surface area contributed by atoms with Gasteiger partial charge < -0.3 is 19.7 Å². The fourth-order valence-corrected chi connectivity index (χ4v) is 3.96. The van der Waals surface area contributed by atoms with Crippen LogP contribution < -0.4 is 0 Å². The number of ether oxygens (including phenoxy) is 1. The highest BCUT2D eigenvalue weighted by molar-refractivity contribution is 5.82. The summed E-state index contributed by atoms with van der Waals surface area (Å²) in [6.45, 7) is 5.87. The van der Waals surface area contributed by atoms with Crippen LogP contribution in [0.4, 0.5) is 0 Å². The van der Waals surface area contributed by atoms with Crippen molar-refractivity contribution in [2.45, 2.75) is 50.9 Å². The lowest BCUT2D eigenvalue weighted by atomic mass is 9.65. The Kier molecular flexibility index (Phi) is 6.42. The average molecular weight is 376 g/mol. The van der Waals surface area contributed by atoms with Crippen molar-refractivity contribution in [3.8, 4) is 0 Å². The maximum atomic E-state index is 11.9. The molecule has 0 spiro atoms. The monoisotopic (exact) mass is 376 g/mol. The smallest absolute Gasteiger partial charge is 0.311 e. The van der Waals surface area contributed by atoms with Gasteiger partial charge in [-0.05, 0) is 40.4 Å². The Hall–Kier alpha value is -2.21. The normalized spacial score (nSPS) is 23.2. The molecule has 0 heterocycles. The van der Waals surface area contributed by atoms with Crippen molar-refractivity contribution in [2.24, 2.45) is 11.8 Å². The number of carbonyl (C=O) groups is 3. The maximum Gasteiger partial charge on any atom is 0.311 e. The molecule has 0 bridgehead atoms. The molecule has 2 N–H and O–H groups in total. The predicted octanol–water partition coefficient (Wildman–Crippen LogP) is 2.63. The summed E-state index contributed by atoms with van der Waals surface area (Å²) in [4.78, 5) is 35.4. The van der Waals surface area contributed by atoms with E-state index in [1.165, 1.54) is 7.11 Å². The Morgan fingerprint density at radius 2 is 1.96 bits per heavy atom. The number of esters is 1. The van der Waals surface area contributed by atoms with E-state index in [2.05, 4.69) is 0 Å². The molecule has 0 saturated carbocycles. The summed E-state index contributed by atoms with van der Waals surface area (Å²) in [7, 11) is 1.29. The summed E-state index contributed by atoms with van der Waals surface area (Å²) in [6.07, 6.45) is 0.983. The van der Waals surface area contributed by atoms with Gasteiger partial charge in [0.25, 0.3) is 0 Å². The van der Waals surface area contributed by atoms with Gasteiger partial charge in [0.15, 0.2) is 0 Å². The predicted molar refractivity (Wildman–Crippen MR) is 99.6 cm³/mol. The van der Waals surface area contributed by atoms with E-state index in [4.69, 9.17) is 4.74 Å². The summed E-state index contributed by atoms with van der Waals surface area (Å²) >= 11 is 0. The van der Waals surface area contributed by atoms with Crippen LogP contribution in [0.1, 0.15) is 62.1 Å². The number of carboxylic acid groups (broad SMARTS) is 1. The SMILES string of the molecule is COC(=O)CC(CO)C1CC(C=O)C(C(=O)O)c2cc(C(C)(C)C)ccc21. The molecule has 0 fully saturated rings. The molecule has 4 unspecified atom stereocenters. The largest absolute Gasteiger partial charge is 0.481 e. The fourth-order valence-electron chi connectivity index (χ4n) is 3.96. The molecular weight excluding hydrogens is 348 g/mol. The van der Waals surface area contributed by atoms with Crippen molar-refractivity contribution in [1.82, 2.24) is 0 Å². The number of aliphatic hydroxyl groups is 1. The second kappa shape index (κ2) is 8.21. The molecule has 1 aromatic carbocycles. The molecule has 0 aromatic heterocycles. The molecule has 0 saturated heterocycles. The number of rotatable bonds is 6. The summed E-state index contributed by atoms with van der Waals surface area (Å²) in [5, 5.41) is 19.6. The minimum Gasteiger partial charge on any atom is -0.481 e. The molecule has 2 rings (SSSR count). The van der Waals surface area contributed by atoms with Crippen LogP contribution in [-0.4, -0.2) is 42.2 Å². The lowest BCUT2D eigenvalue weighted by Gasteiger charge is -2.38. The van der Waals surface area contributed by atoms with Crippen molar-refractivity contribution < 1.29 is 29.3 Å². The van der Waals surface area contributed by atoms with Gasteiger partial charge in [-0.15, -0.1) is 0 Å². The molecular formula is C21H28O6. The highest BCUT2D eigenvalue weighted by Crippen LogP contribution is 2.47. The number of aldehydes is 1. The van der Waals surface area contributed by atoms with Crippen LogP contribution in [0.25, 0.3) is 0 Å². The zero-order chi connectivity index (χ0) is 20.4. The second-order valence-corrected chi connectivity index (χ2v) is 8.27. The Morgan fingerprint density at radius 3 is 2.44 bits per heavy atom. The van der Waals surface area contributed by atoms with Crippen LogP contribution in [0.5, 0.6) is 0 Å². The van der Waals surface area contributed by atoms with Crippen LogP contribution in [-0.2, 0) is 24.5 Å². The van der Waals surface area contributed by atoms with Gasteiger partial charge in [0, 0.05) is 12.5 Å². The molecule has 0 radical (unpaired) electrons. The molecule has 148 valence electrons. The van der Waals surface area contributed by atoms with Gasteiger partial charge in [0.1, 0.15) is 6.29 Å². The average Bonchev–Trinajstić information content (AvgIpc) is 2.62. The van der Waals surface area contributed by atoms with Crippen LogP contribution in [0.15, 0.2) is 18.2 Å². The van der Waals surface area contributed by atoms with E-state index in [1.54, 1.807) is 0 Å². The number of aliphatic hydroxyl groups excluding tert-OH is 1. The van der Waals surface area contributed by atoms with Crippen LogP contribution >= 0.6 is 0 Å². The molecule has 4 atom stereocenters. The molecule has 1 aliphatic rings. The number of methoxy groups -OCH3 is 1. The summed E-state index contributed by atoms with van der Waals surface area (Å²) in [5.74, 6) is -3.83. The van der Waals surface area contributed by atoms with Gasteiger partial charge in [-0.2, -0.15) is 0 Å². The molecule has 1 aliphatic carbocycles. The quantitative estimate of drug-likeness (QED) is 0.585. The standard InChI is InChI=1S/C21H28O6/c1-21(2,3)14-5-6-15-16(12(10-22)8-18(24)27-4)7-13(11-23)19(20(25)26)17(15)9-14/h5-6,9,11-13,16,19,22H,7-8,10H2,1-4H3,(H,25,26). The van der Waals surface area contributed by atoms with E-state index in [-0.39, 0.29) is 30.8 Å². The molecule has 0 aliphatic heterocycles. The van der Waals surface area contributed by atoms with E-state index < -0.39 is 29.7 Å². The maximum absolute atomic E-state index is 11.9. The number of carbonyl (C=O) groups excluding carboxylic acids is 2. The van der Waals surface area contributed by atoms with Gasteiger partial charge in [-0.3, -0.25) is 9.59 Å². The summed E-state index contributed by atoms with van der Waals surface area (Å²) in [5.41, 5.74) is 2.19. The van der Waals surface area contributed by atoms with E-state index >= 15 is 0 Å². The number of fused-ring (bicyclic) bond motifs is 1. The van der Waals surface area contributed by atoms with Gasteiger partial charge in [0.2, 0.25) is 0 Å². The highest BCUT2D eigenvalue weighted by Gasteiger charge is 2.42. The zero-order valence-corrected chi connectivity index (χ0v) is 16.3. The number of aliphatic carboxylic acids is 1. The van der Waals surface area contributed by atoms with Crippen molar-refractivity contribution in [3.05, 3.63) is 34.9 Å². The van der Waals surface area contributed by atoms with Crippen LogP contribution in [0, 0.1) is 11.8 Å². The number of benzene rings is 1. The molecule has 27 heavy (non-hydrogen) atoms. The first-order chi connectivity index (χ1) is 12.6. The third kappa shape index (κ3) is 4.38. The molecule has 0 amide bonds. The Morgan fingerprint density at radius 1 is 1.30 bits per heavy atom. The zero-order valence-electron chi connectivity index (χ0n) is 16.3. The van der Waals surface area contributed by atoms with Crippen molar-refractivity contribution in [3.63, 3.8) is 0 Å². The van der Waals surface area contributed by atoms with Crippen LogP contribution in [0.2, 0.25) is 0 Å². The van der Waals surface area contributed by atoms with Crippen molar-refractivity contribution >= 4 is 18.2 Å². The third-order valence-electron chi connectivity index (χ3n) is 5.54. The summed E-state index contributed by atoms with van der Waals surface area (Å²) < 4.78 is 4.72. The Balaban J connectivity index is 2.59. The lowest BCUT2D eigenvalue weighted by Crippen LogP contribution is -2.34. The third-order valence-corrected chi connectivity index (χ3v) is 5.54. The van der Waals surface area contributed by atoms with Gasteiger partial charge in [-0.25, -0.2) is 0 Å². The van der Waals surface area contributed by atoms with Crippen molar-refractivity contribution in [1.29, 1.82) is 0 Å². The highest BCUT2D eigenvalue weighted by atomic mass is 16.5. The van der Waals surface area contributed by atoms with Gasteiger partial charge in [0.05, 0.1) is 19.4 Å². The van der Waals surface area contributed by atoms with E-state index in [0.29, 0.717) is 11.8 Å². The number of carboxylic acids is 1.